The van der Waals surface area contributed by atoms with Gasteiger partial charge in [0.25, 0.3) is 0 Å². The van der Waals surface area contributed by atoms with Crippen LogP contribution < -0.4 is 4.74 Å². The summed E-state index contributed by atoms with van der Waals surface area (Å²) in [6.07, 6.45) is 0. The van der Waals surface area contributed by atoms with Crippen LogP contribution in [-0.4, -0.2) is 17.1 Å². The van der Waals surface area contributed by atoms with Gasteiger partial charge in [0.2, 0.25) is 0 Å². The second-order valence-electron chi connectivity index (χ2n) is 3.05. The Morgan fingerprint density at radius 3 is 2.73 bits per heavy atom. The van der Waals surface area contributed by atoms with E-state index in [9.17, 15) is 0 Å². The number of halogens is 2. The average molecular weight is 288 g/mol. The summed E-state index contributed by atoms with van der Waals surface area (Å²) in [4.78, 5) is 8.58. The first-order valence-electron chi connectivity index (χ1n) is 4.30. The quantitative estimate of drug-likeness (QED) is 0.806. The molecule has 0 bridgehead atoms. The van der Waals surface area contributed by atoms with E-state index >= 15 is 0 Å². The second-order valence-corrected chi connectivity index (χ2v) is 4.26. The Bertz CT molecular complexity index is 530. The standard InChI is InChI=1S/C10H8BrClN2O/c1-5-10(12)14-8-7(13-5)4-3-6(11)9(8)15-2/h3-4H,1-2H3. The Balaban J connectivity index is 2.86. The van der Waals surface area contributed by atoms with Gasteiger partial charge in [-0.1, -0.05) is 11.6 Å². The lowest BCUT2D eigenvalue weighted by Gasteiger charge is -2.07. The molecule has 5 heteroatoms. The SMILES string of the molecule is COc1c(Br)ccc2nc(C)c(Cl)nc12. The molecule has 15 heavy (non-hydrogen) atoms. The van der Waals surface area contributed by atoms with E-state index in [0.717, 1.165) is 9.99 Å². The van der Waals surface area contributed by atoms with Gasteiger partial charge in [0.15, 0.2) is 10.9 Å². The van der Waals surface area contributed by atoms with Crippen LogP contribution >= 0.6 is 27.5 Å². The Morgan fingerprint density at radius 1 is 1.33 bits per heavy atom. The maximum absolute atomic E-state index is 5.92. The number of aryl methyl sites for hydroxylation is 1. The smallest absolute Gasteiger partial charge is 0.160 e. The average Bonchev–Trinajstić information content (AvgIpc) is 2.21. The minimum absolute atomic E-state index is 0.402. The van der Waals surface area contributed by atoms with Crippen molar-refractivity contribution in [2.75, 3.05) is 7.11 Å². The van der Waals surface area contributed by atoms with Gasteiger partial charge in [-0.15, -0.1) is 0 Å². The van der Waals surface area contributed by atoms with E-state index in [2.05, 4.69) is 25.9 Å². The number of rotatable bonds is 1. The van der Waals surface area contributed by atoms with Crippen LogP contribution in [0.15, 0.2) is 16.6 Å². The number of benzene rings is 1. The lowest BCUT2D eigenvalue weighted by atomic mass is 10.2. The normalized spacial score (nSPS) is 10.7. The van der Waals surface area contributed by atoms with E-state index in [1.807, 2.05) is 19.1 Å². The van der Waals surface area contributed by atoms with Crippen molar-refractivity contribution in [3.63, 3.8) is 0 Å². The molecule has 0 atom stereocenters. The first-order chi connectivity index (χ1) is 7.13. The largest absolute Gasteiger partial charge is 0.493 e. The molecule has 0 aliphatic carbocycles. The summed E-state index contributed by atoms with van der Waals surface area (Å²) in [5, 5.41) is 0.402. The molecule has 2 rings (SSSR count). The summed E-state index contributed by atoms with van der Waals surface area (Å²) in [5.41, 5.74) is 2.16. The van der Waals surface area contributed by atoms with Crippen LogP contribution in [-0.2, 0) is 0 Å². The van der Waals surface area contributed by atoms with Crippen molar-refractivity contribution in [1.29, 1.82) is 0 Å². The zero-order valence-electron chi connectivity index (χ0n) is 8.21. The van der Waals surface area contributed by atoms with Crippen molar-refractivity contribution in [3.05, 3.63) is 27.5 Å². The highest BCUT2D eigenvalue weighted by Gasteiger charge is 2.10. The van der Waals surface area contributed by atoms with Gasteiger partial charge >= 0.3 is 0 Å². The predicted molar refractivity (Wildman–Crippen MR) is 63.5 cm³/mol. The van der Waals surface area contributed by atoms with E-state index < -0.39 is 0 Å². The molecule has 0 aliphatic heterocycles. The Morgan fingerprint density at radius 2 is 2.07 bits per heavy atom. The molecule has 1 heterocycles. The van der Waals surface area contributed by atoms with Gasteiger partial charge in [-0.05, 0) is 35.0 Å². The molecule has 0 N–H and O–H groups in total. The van der Waals surface area contributed by atoms with Gasteiger partial charge in [0, 0.05) is 0 Å². The van der Waals surface area contributed by atoms with Gasteiger partial charge in [-0.3, -0.25) is 0 Å². The molecule has 0 saturated heterocycles. The predicted octanol–water partition coefficient (Wildman–Crippen LogP) is 3.36. The molecule has 78 valence electrons. The summed E-state index contributed by atoms with van der Waals surface area (Å²) in [5.74, 6) is 0.655. The molecule has 2 aromatic rings. The zero-order chi connectivity index (χ0) is 11.0. The number of fused-ring (bicyclic) bond motifs is 1. The van der Waals surface area contributed by atoms with Crippen molar-refractivity contribution in [3.8, 4) is 5.75 Å². The first-order valence-corrected chi connectivity index (χ1v) is 5.47. The molecule has 0 aliphatic rings. The monoisotopic (exact) mass is 286 g/mol. The van der Waals surface area contributed by atoms with Gasteiger partial charge in [0.1, 0.15) is 5.52 Å². The van der Waals surface area contributed by atoms with Crippen LogP contribution in [0.5, 0.6) is 5.75 Å². The van der Waals surface area contributed by atoms with Gasteiger partial charge in [-0.2, -0.15) is 0 Å². The van der Waals surface area contributed by atoms with E-state index in [-0.39, 0.29) is 0 Å². The van der Waals surface area contributed by atoms with Crippen LogP contribution in [0.25, 0.3) is 11.0 Å². The van der Waals surface area contributed by atoms with Crippen molar-refractivity contribution in [1.82, 2.24) is 9.97 Å². The third kappa shape index (κ3) is 1.79. The minimum atomic E-state index is 0.402. The van der Waals surface area contributed by atoms with Crippen LogP contribution in [0.4, 0.5) is 0 Å². The molecule has 1 aromatic carbocycles. The van der Waals surface area contributed by atoms with Crippen LogP contribution in [0, 0.1) is 6.92 Å². The topological polar surface area (TPSA) is 35.0 Å². The van der Waals surface area contributed by atoms with E-state index in [4.69, 9.17) is 16.3 Å². The lowest BCUT2D eigenvalue weighted by molar-refractivity contribution is 0.416. The fourth-order valence-corrected chi connectivity index (χ4v) is 1.94. The minimum Gasteiger partial charge on any atom is -0.493 e. The third-order valence-corrected chi connectivity index (χ3v) is 3.05. The van der Waals surface area contributed by atoms with E-state index in [0.29, 0.717) is 22.1 Å². The first kappa shape index (κ1) is 10.6. The number of ether oxygens (including phenoxy) is 1. The van der Waals surface area contributed by atoms with Crippen molar-refractivity contribution < 1.29 is 4.74 Å². The molecule has 1 aromatic heterocycles. The fraction of sp³-hybridized carbons (Fsp3) is 0.200. The highest BCUT2D eigenvalue weighted by atomic mass is 79.9. The Kier molecular flexibility index (Phi) is 2.80. The summed E-state index contributed by atoms with van der Waals surface area (Å²) >= 11 is 9.31. The summed E-state index contributed by atoms with van der Waals surface area (Å²) in [6.45, 7) is 1.82. The van der Waals surface area contributed by atoms with Crippen LogP contribution in [0.2, 0.25) is 5.15 Å². The molecule has 0 unspecified atom stereocenters. The zero-order valence-corrected chi connectivity index (χ0v) is 10.6. The number of nitrogens with zero attached hydrogens (tertiary/aromatic N) is 2. The van der Waals surface area contributed by atoms with Crippen molar-refractivity contribution in [2.24, 2.45) is 0 Å². The van der Waals surface area contributed by atoms with Crippen molar-refractivity contribution >= 4 is 38.6 Å². The third-order valence-electron chi connectivity index (χ3n) is 2.06. The lowest BCUT2D eigenvalue weighted by Crippen LogP contribution is -1.94. The maximum Gasteiger partial charge on any atom is 0.160 e. The summed E-state index contributed by atoms with van der Waals surface area (Å²) in [7, 11) is 1.59. The molecule has 0 fully saturated rings. The molecule has 3 nitrogen and oxygen atoms in total. The highest BCUT2D eigenvalue weighted by molar-refractivity contribution is 9.10. The van der Waals surface area contributed by atoms with E-state index in [1.165, 1.54) is 0 Å². The van der Waals surface area contributed by atoms with Gasteiger partial charge in [-0.25, -0.2) is 9.97 Å². The Labute approximate surface area is 101 Å². The van der Waals surface area contributed by atoms with Crippen molar-refractivity contribution in [2.45, 2.75) is 6.92 Å². The number of hydrogen-bond donors (Lipinski definition) is 0. The number of methoxy groups -OCH3 is 1. The fourth-order valence-electron chi connectivity index (χ4n) is 1.33. The van der Waals surface area contributed by atoms with E-state index in [1.54, 1.807) is 7.11 Å². The van der Waals surface area contributed by atoms with Crippen LogP contribution in [0.1, 0.15) is 5.69 Å². The molecular weight excluding hydrogens is 279 g/mol. The molecule has 0 amide bonds. The molecule has 0 spiro atoms. The summed E-state index contributed by atoms with van der Waals surface area (Å²) in [6, 6.07) is 3.75. The summed E-state index contributed by atoms with van der Waals surface area (Å²) < 4.78 is 6.08. The number of aromatic nitrogens is 2. The van der Waals surface area contributed by atoms with Gasteiger partial charge < -0.3 is 4.74 Å². The molecule has 0 radical (unpaired) electrons. The highest BCUT2D eigenvalue weighted by Crippen LogP contribution is 2.32. The molecular formula is C10H8BrClN2O. The Hall–Kier alpha value is -0.870. The van der Waals surface area contributed by atoms with Crippen LogP contribution in [0.3, 0.4) is 0 Å². The second kappa shape index (κ2) is 3.94. The maximum atomic E-state index is 5.92. The number of hydrogen-bond acceptors (Lipinski definition) is 3. The molecule has 0 saturated carbocycles. The van der Waals surface area contributed by atoms with Gasteiger partial charge in [0.05, 0.1) is 22.8 Å².